The van der Waals surface area contributed by atoms with Gasteiger partial charge in [0.05, 0.1) is 6.04 Å². The summed E-state index contributed by atoms with van der Waals surface area (Å²) in [4.78, 5) is 36.1. The highest BCUT2D eigenvalue weighted by Crippen LogP contribution is 2.23. The van der Waals surface area contributed by atoms with Gasteiger partial charge in [0, 0.05) is 23.9 Å². The second-order valence-electron chi connectivity index (χ2n) is 7.29. The van der Waals surface area contributed by atoms with Gasteiger partial charge in [-0.05, 0) is 30.4 Å². The van der Waals surface area contributed by atoms with Crippen molar-refractivity contribution in [1.29, 1.82) is 0 Å². The second-order valence-corrected chi connectivity index (χ2v) is 7.29. The van der Waals surface area contributed by atoms with Crippen molar-refractivity contribution in [3.63, 3.8) is 0 Å². The summed E-state index contributed by atoms with van der Waals surface area (Å²) in [6, 6.07) is 22.9. The number of rotatable bonds is 9. The maximum atomic E-state index is 12.2. The molecule has 0 heterocycles. The Morgan fingerprint density at radius 2 is 1.55 bits per heavy atom. The lowest BCUT2D eigenvalue weighted by Gasteiger charge is -2.14. The highest BCUT2D eigenvalue weighted by atomic mass is 16.5. The summed E-state index contributed by atoms with van der Waals surface area (Å²) >= 11 is 0. The normalized spacial score (nSPS) is 11.5. The van der Waals surface area contributed by atoms with E-state index in [0.29, 0.717) is 6.42 Å². The van der Waals surface area contributed by atoms with E-state index in [4.69, 9.17) is 4.74 Å². The first-order chi connectivity index (χ1) is 15.0. The Bertz CT molecular complexity index is 1040. The van der Waals surface area contributed by atoms with E-state index < -0.39 is 5.97 Å². The fourth-order valence-electron chi connectivity index (χ4n) is 3.27. The van der Waals surface area contributed by atoms with E-state index in [1.54, 1.807) is 0 Å². The summed E-state index contributed by atoms with van der Waals surface area (Å²) in [5.74, 6) is -1.03. The van der Waals surface area contributed by atoms with Crippen molar-refractivity contribution < 1.29 is 19.1 Å². The standard InChI is InChI=1S/C25H26N2O4/c1-18(19-9-3-2-4-10-19)26-24(29)17-31-25(30)16-8-15-23(28)27-22-14-7-12-20-11-5-6-13-21(20)22/h2-7,9-14,18H,8,15-17H2,1H3,(H,26,29)(H,27,28)/t18-/m1/s1. The summed E-state index contributed by atoms with van der Waals surface area (Å²) in [5, 5.41) is 7.69. The molecule has 3 aromatic rings. The minimum Gasteiger partial charge on any atom is -0.456 e. The van der Waals surface area contributed by atoms with Gasteiger partial charge in [-0.3, -0.25) is 14.4 Å². The van der Waals surface area contributed by atoms with Gasteiger partial charge in [-0.25, -0.2) is 0 Å². The van der Waals surface area contributed by atoms with Crippen LogP contribution in [0.4, 0.5) is 5.69 Å². The molecule has 2 amide bonds. The average molecular weight is 418 g/mol. The lowest BCUT2D eigenvalue weighted by molar-refractivity contribution is -0.148. The first-order valence-electron chi connectivity index (χ1n) is 10.3. The van der Waals surface area contributed by atoms with E-state index in [1.807, 2.05) is 79.7 Å². The summed E-state index contributed by atoms with van der Waals surface area (Å²) < 4.78 is 5.02. The summed E-state index contributed by atoms with van der Waals surface area (Å²) in [5.41, 5.74) is 1.72. The number of carbonyl (C=O) groups excluding carboxylic acids is 3. The molecular formula is C25H26N2O4. The minimum absolute atomic E-state index is 0.0739. The van der Waals surface area contributed by atoms with Crippen molar-refractivity contribution in [1.82, 2.24) is 5.32 Å². The van der Waals surface area contributed by atoms with Gasteiger partial charge in [-0.15, -0.1) is 0 Å². The average Bonchev–Trinajstić information content (AvgIpc) is 2.78. The van der Waals surface area contributed by atoms with E-state index in [2.05, 4.69) is 10.6 Å². The van der Waals surface area contributed by atoms with Crippen molar-refractivity contribution in [2.75, 3.05) is 11.9 Å². The number of carbonyl (C=O) groups is 3. The molecule has 0 spiro atoms. The predicted molar refractivity (Wildman–Crippen MR) is 120 cm³/mol. The molecule has 1 atom stereocenters. The lowest BCUT2D eigenvalue weighted by atomic mass is 10.1. The van der Waals surface area contributed by atoms with Crippen LogP contribution >= 0.6 is 0 Å². The van der Waals surface area contributed by atoms with Crippen LogP contribution in [-0.2, 0) is 19.1 Å². The highest BCUT2D eigenvalue weighted by molar-refractivity contribution is 6.02. The molecule has 3 rings (SSSR count). The molecule has 0 aliphatic carbocycles. The van der Waals surface area contributed by atoms with Crippen LogP contribution in [0, 0.1) is 0 Å². The minimum atomic E-state index is -0.500. The largest absolute Gasteiger partial charge is 0.456 e. The van der Waals surface area contributed by atoms with Crippen LogP contribution in [0.25, 0.3) is 10.8 Å². The molecule has 0 aromatic heterocycles. The Hall–Kier alpha value is -3.67. The summed E-state index contributed by atoms with van der Waals surface area (Å²) in [6.07, 6.45) is 0.609. The van der Waals surface area contributed by atoms with Gasteiger partial charge >= 0.3 is 5.97 Å². The van der Waals surface area contributed by atoms with Crippen molar-refractivity contribution in [2.24, 2.45) is 0 Å². The number of ether oxygens (including phenoxy) is 1. The van der Waals surface area contributed by atoms with Crippen molar-refractivity contribution in [2.45, 2.75) is 32.2 Å². The maximum Gasteiger partial charge on any atom is 0.306 e. The topological polar surface area (TPSA) is 84.5 Å². The van der Waals surface area contributed by atoms with Gasteiger partial charge in [-0.1, -0.05) is 66.7 Å². The number of esters is 1. The molecule has 6 heteroatoms. The number of nitrogens with one attached hydrogen (secondary N) is 2. The molecule has 6 nitrogen and oxygen atoms in total. The Labute approximate surface area is 181 Å². The highest BCUT2D eigenvalue weighted by Gasteiger charge is 2.12. The molecule has 0 aliphatic heterocycles. The molecule has 0 saturated carbocycles. The molecule has 0 aliphatic rings. The number of benzene rings is 3. The van der Waals surface area contributed by atoms with Gasteiger partial charge in [-0.2, -0.15) is 0 Å². The smallest absolute Gasteiger partial charge is 0.306 e. The molecule has 2 N–H and O–H groups in total. The maximum absolute atomic E-state index is 12.2. The molecule has 3 aromatic carbocycles. The van der Waals surface area contributed by atoms with Gasteiger partial charge in [0.1, 0.15) is 0 Å². The lowest BCUT2D eigenvalue weighted by Crippen LogP contribution is -2.31. The SMILES string of the molecule is C[C@@H](NC(=O)COC(=O)CCCC(=O)Nc1cccc2ccccc12)c1ccccc1. The molecule has 0 unspecified atom stereocenters. The zero-order valence-corrected chi connectivity index (χ0v) is 17.5. The number of amides is 2. The van der Waals surface area contributed by atoms with Gasteiger partial charge in [0.25, 0.3) is 5.91 Å². The second kappa shape index (κ2) is 10.9. The third kappa shape index (κ3) is 6.67. The van der Waals surface area contributed by atoms with E-state index in [1.165, 1.54) is 0 Å². The third-order valence-electron chi connectivity index (χ3n) is 4.89. The van der Waals surface area contributed by atoms with Gasteiger partial charge < -0.3 is 15.4 Å². The van der Waals surface area contributed by atoms with Gasteiger partial charge in [0.2, 0.25) is 5.91 Å². The van der Waals surface area contributed by atoms with Crippen LogP contribution in [0.3, 0.4) is 0 Å². The molecule has 31 heavy (non-hydrogen) atoms. The molecule has 0 bridgehead atoms. The fourth-order valence-corrected chi connectivity index (χ4v) is 3.27. The number of hydrogen-bond acceptors (Lipinski definition) is 4. The molecule has 0 radical (unpaired) electrons. The first kappa shape index (κ1) is 22.0. The Kier molecular flexibility index (Phi) is 7.76. The van der Waals surface area contributed by atoms with Crippen LogP contribution in [0.1, 0.15) is 37.8 Å². The van der Waals surface area contributed by atoms with Crippen LogP contribution in [0.2, 0.25) is 0 Å². The van der Waals surface area contributed by atoms with Crippen LogP contribution in [0.15, 0.2) is 72.8 Å². The Morgan fingerprint density at radius 1 is 0.839 bits per heavy atom. The number of anilines is 1. The molecule has 0 saturated heterocycles. The number of hydrogen-bond donors (Lipinski definition) is 2. The Morgan fingerprint density at radius 3 is 2.35 bits per heavy atom. The van der Waals surface area contributed by atoms with E-state index in [9.17, 15) is 14.4 Å². The summed E-state index contributed by atoms with van der Waals surface area (Å²) in [7, 11) is 0. The molecule has 160 valence electrons. The van der Waals surface area contributed by atoms with E-state index >= 15 is 0 Å². The zero-order valence-electron chi connectivity index (χ0n) is 17.5. The van der Waals surface area contributed by atoms with Crippen LogP contribution in [-0.4, -0.2) is 24.4 Å². The summed E-state index contributed by atoms with van der Waals surface area (Å²) in [6.45, 7) is 1.53. The van der Waals surface area contributed by atoms with Crippen molar-refractivity contribution >= 4 is 34.2 Å². The molecular weight excluding hydrogens is 392 g/mol. The predicted octanol–water partition coefficient (Wildman–Crippen LogP) is 4.37. The quantitative estimate of drug-likeness (QED) is 0.506. The number of fused-ring (bicyclic) bond motifs is 1. The van der Waals surface area contributed by atoms with Crippen LogP contribution in [0.5, 0.6) is 0 Å². The fraction of sp³-hybridized carbons (Fsp3) is 0.240. The van der Waals surface area contributed by atoms with Crippen molar-refractivity contribution in [3.8, 4) is 0 Å². The third-order valence-corrected chi connectivity index (χ3v) is 4.89. The Balaban J connectivity index is 1.36. The molecule has 0 fully saturated rings. The van der Waals surface area contributed by atoms with E-state index in [0.717, 1.165) is 22.0 Å². The monoisotopic (exact) mass is 418 g/mol. The van der Waals surface area contributed by atoms with Crippen molar-refractivity contribution in [3.05, 3.63) is 78.4 Å². The van der Waals surface area contributed by atoms with Crippen LogP contribution < -0.4 is 10.6 Å². The first-order valence-corrected chi connectivity index (χ1v) is 10.3. The van der Waals surface area contributed by atoms with E-state index in [-0.39, 0.29) is 37.3 Å². The zero-order chi connectivity index (χ0) is 22.1. The van der Waals surface area contributed by atoms with Gasteiger partial charge in [0.15, 0.2) is 6.61 Å².